The number of hydrogen-bond donors (Lipinski definition) is 0. The van der Waals surface area contributed by atoms with Gasteiger partial charge in [-0.2, -0.15) is 34.5 Å². The molecule has 0 rings (SSSR count). The second-order valence-electron chi connectivity index (χ2n) is 12.8. The first kappa shape index (κ1) is 46.7. The van der Waals surface area contributed by atoms with Crippen LogP contribution < -0.4 is 0 Å². The monoisotopic (exact) mass is 693 g/mol. The molecule has 0 spiro atoms. The van der Waals surface area contributed by atoms with Crippen LogP contribution in [0.5, 0.6) is 0 Å². The molecule has 0 bridgehead atoms. The Morgan fingerprint density at radius 1 is 0.511 bits per heavy atom. The Kier molecular flexibility index (Phi) is 27.5. The van der Waals surface area contributed by atoms with Crippen molar-refractivity contribution in [1.29, 1.82) is 0 Å². The lowest BCUT2D eigenvalue weighted by atomic mass is 9.93. The molecule has 2 unspecified atom stereocenters. The van der Waals surface area contributed by atoms with E-state index in [9.17, 15) is 30.0 Å². The predicted octanol–water partition coefficient (Wildman–Crippen LogP) is 9.61. The molecule has 0 aliphatic heterocycles. The van der Waals surface area contributed by atoms with Crippen molar-refractivity contribution in [1.82, 2.24) is 12.9 Å². The lowest BCUT2D eigenvalue weighted by Crippen LogP contribution is -2.38. The smallest absolute Gasteiger partial charge is 0.203 e. The normalized spacial score (nSPS) is 14.2. The average Bonchev–Trinajstić information content (AvgIpc) is 2.98. The van der Waals surface area contributed by atoms with Gasteiger partial charge in [0.05, 0.1) is 0 Å². The Balaban J connectivity index is 0. The van der Waals surface area contributed by atoms with Crippen molar-refractivity contribution in [2.75, 3.05) is 41.3 Å². The van der Waals surface area contributed by atoms with Crippen molar-refractivity contribution in [3.63, 3.8) is 0 Å². The first-order valence-electron chi connectivity index (χ1n) is 17.7. The standard InChI is InChI=1S/C17H38N2O2S.C16H32F3NO2S/c1-6-8-9-10-11-14-17(7-2)15-12-13-16-19(5)22(20,21)18(3)4;1-4-6-7-8-9-12-15(5-2)13-10-11-14-20(3)23(21,22)16(17,18)19/h17H,6-16H2,1-5H3;15H,4-14H2,1-3H3. The zero-order valence-corrected chi connectivity index (χ0v) is 31.8. The Hall–Kier alpha value is -0.430. The first-order valence-corrected chi connectivity index (χ1v) is 20.5. The summed E-state index contributed by atoms with van der Waals surface area (Å²) in [6.07, 6.45) is 23.3. The molecule has 7 nitrogen and oxygen atoms in total. The largest absolute Gasteiger partial charge is 0.511 e. The third-order valence-corrected chi connectivity index (χ3v) is 12.3. The van der Waals surface area contributed by atoms with E-state index in [-0.39, 0.29) is 6.54 Å². The summed E-state index contributed by atoms with van der Waals surface area (Å²) in [5, 5.41) is 0. The molecule has 0 aromatic heterocycles. The maximum absolute atomic E-state index is 12.4. The van der Waals surface area contributed by atoms with Crippen molar-refractivity contribution in [2.45, 2.75) is 162 Å². The lowest BCUT2D eigenvalue weighted by molar-refractivity contribution is -0.0482. The lowest BCUT2D eigenvalue weighted by Gasteiger charge is -2.21. The van der Waals surface area contributed by atoms with Crippen molar-refractivity contribution >= 4 is 20.2 Å². The molecule has 274 valence electrons. The predicted molar refractivity (Wildman–Crippen MR) is 185 cm³/mol. The Morgan fingerprint density at radius 3 is 1.16 bits per heavy atom. The molecule has 45 heavy (non-hydrogen) atoms. The number of nitrogens with zero attached hydrogens (tertiary/aromatic N) is 3. The van der Waals surface area contributed by atoms with Gasteiger partial charge in [-0.1, -0.05) is 143 Å². The van der Waals surface area contributed by atoms with E-state index in [1.807, 2.05) is 0 Å². The molecule has 12 heteroatoms. The highest BCUT2D eigenvalue weighted by molar-refractivity contribution is 7.90. The van der Waals surface area contributed by atoms with Crippen molar-refractivity contribution in [3.8, 4) is 0 Å². The Bertz CT molecular complexity index is 901. The van der Waals surface area contributed by atoms with Gasteiger partial charge in [-0.25, -0.2) is 8.42 Å². The minimum atomic E-state index is -5.20. The highest BCUT2D eigenvalue weighted by Crippen LogP contribution is 2.27. The number of alkyl halides is 3. The average molecular weight is 694 g/mol. The van der Waals surface area contributed by atoms with Gasteiger partial charge in [-0.05, 0) is 24.7 Å². The zero-order chi connectivity index (χ0) is 34.9. The molecule has 0 aromatic rings. The fraction of sp³-hybridized carbons (Fsp3) is 1.00. The minimum Gasteiger partial charge on any atom is -0.203 e. The van der Waals surface area contributed by atoms with Crippen LogP contribution in [0.15, 0.2) is 0 Å². The fourth-order valence-corrected chi connectivity index (χ4v) is 7.04. The number of sulfonamides is 1. The summed E-state index contributed by atoms with van der Waals surface area (Å²) < 4.78 is 86.4. The molecule has 0 saturated heterocycles. The zero-order valence-electron chi connectivity index (χ0n) is 30.1. The van der Waals surface area contributed by atoms with Crippen LogP contribution in [0.2, 0.25) is 0 Å². The number of halogens is 3. The number of hydrogen-bond acceptors (Lipinski definition) is 4. The maximum atomic E-state index is 12.4. The van der Waals surface area contributed by atoms with Gasteiger partial charge in [-0.3, -0.25) is 0 Å². The van der Waals surface area contributed by atoms with E-state index in [0.29, 0.717) is 23.2 Å². The van der Waals surface area contributed by atoms with Crippen molar-refractivity contribution in [2.24, 2.45) is 11.8 Å². The molecule has 0 aromatic carbocycles. The topological polar surface area (TPSA) is 78.0 Å². The summed E-state index contributed by atoms with van der Waals surface area (Å²) in [7, 11) is -2.59. The van der Waals surface area contributed by atoms with Crippen LogP contribution in [0.4, 0.5) is 13.2 Å². The minimum absolute atomic E-state index is 0.0746. The van der Waals surface area contributed by atoms with Gasteiger partial charge in [0, 0.05) is 41.3 Å². The van der Waals surface area contributed by atoms with Gasteiger partial charge in [0.15, 0.2) is 0 Å². The van der Waals surface area contributed by atoms with E-state index >= 15 is 0 Å². The second kappa shape index (κ2) is 26.5. The van der Waals surface area contributed by atoms with Crippen LogP contribution in [0, 0.1) is 11.8 Å². The van der Waals surface area contributed by atoms with Crippen molar-refractivity contribution in [3.05, 3.63) is 0 Å². The summed E-state index contributed by atoms with van der Waals surface area (Å²) in [6.45, 7) is 9.39. The summed E-state index contributed by atoms with van der Waals surface area (Å²) >= 11 is 0. The number of rotatable bonds is 27. The summed E-state index contributed by atoms with van der Waals surface area (Å²) in [5.74, 6) is 1.42. The molecule has 0 fully saturated rings. The molecule has 0 saturated carbocycles. The SMILES string of the molecule is CCCCCCCC(CC)CCCCN(C)S(=O)(=O)C(F)(F)F.CCCCCCCC(CC)CCCCN(C)S(=O)(=O)N(C)C. The van der Waals surface area contributed by atoms with E-state index < -0.39 is 25.7 Å². The van der Waals surface area contributed by atoms with Gasteiger partial charge >= 0.3 is 15.5 Å². The second-order valence-corrected chi connectivity index (χ2v) is 17.1. The van der Waals surface area contributed by atoms with Crippen molar-refractivity contribution < 1.29 is 30.0 Å². The highest BCUT2D eigenvalue weighted by Gasteiger charge is 2.48. The van der Waals surface area contributed by atoms with Gasteiger partial charge in [-0.15, -0.1) is 0 Å². The maximum Gasteiger partial charge on any atom is 0.511 e. The summed E-state index contributed by atoms with van der Waals surface area (Å²) in [5.41, 5.74) is -5.20. The van der Waals surface area contributed by atoms with E-state index in [4.69, 9.17) is 0 Å². The first-order chi connectivity index (χ1) is 21.0. The summed E-state index contributed by atoms with van der Waals surface area (Å²) in [6, 6.07) is 0. The van der Waals surface area contributed by atoms with Gasteiger partial charge < -0.3 is 0 Å². The molecule has 0 radical (unpaired) electrons. The molecule has 0 amide bonds. The molecule has 0 N–H and O–H groups in total. The molecule has 0 aliphatic rings. The molecule has 2 atom stereocenters. The molecule has 0 aliphatic carbocycles. The van der Waals surface area contributed by atoms with Crippen LogP contribution in [0.3, 0.4) is 0 Å². The van der Waals surface area contributed by atoms with E-state index in [0.717, 1.165) is 51.5 Å². The van der Waals surface area contributed by atoms with E-state index in [2.05, 4.69) is 27.7 Å². The van der Waals surface area contributed by atoms with Crippen LogP contribution in [-0.4, -0.2) is 76.5 Å². The van der Waals surface area contributed by atoms with Crippen LogP contribution in [0.1, 0.15) is 156 Å². The quantitative estimate of drug-likeness (QED) is 0.0803. The van der Waals surface area contributed by atoms with Crippen LogP contribution in [0.25, 0.3) is 0 Å². The van der Waals surface area contributed by atoms with Crippen LogP contribution >= 0.6 is 0 Å². The Labute approximate surface area is 277 Å². The van der Waals surface area contributed by atoms with E-state index in [1.165, 1.54) is 92.1 Å². The third kappa shape index (κ3) is 21.9. The van der Waals surface area contributed by atoms with Gasteiger partial charge in [0.25, 0.3) is 10.2 Å². The molecule has 0 heterocycles. The van der Waals surface area contributed by atoms with E-state index in [1.54, 1.807) is 21.1 Å². The van der Waals surface area contributed by atoms with Crippen LogP contribution in [-0.2, 0) is 20.2 Å². The Morgan fingerprint density at radius 2 is 0.844 bits per heavy atom. The fourth-order valence-electron chi connectivity index (χ4n) is 5.40. The third-order valence-electron chi connectivity index (χ3n) is 8.82. The molecular formula is C33H70F3N3O4S2. The molecular weight excluding hydrogens is 624 g/mol. The van der Waals surface area contributed by atoms with Gasteiger partial charge in [0.1, 0.15) is 0 Å². The highest BCUT2D eigenvalue weighted by atomic mass is 32.2. The van der Waals surface area contributed by atoms with Gasteiger partial charge in [0.2, 0.25) is 0 Å². The number of unbranched alkanes of at least 4 members (excludes halogenated alkanes) is 10. The summed E-state index contributed by atoms with van der Waals surface area (Å²) in [4.78, 5) is 0.